The van der Waals surface area contributed by atoms with E-state index in [0.29, 0.717) is 17.6 Å². The predicted molar refractivity (Wildman–Crippen MR) is 230 cm³/mol. The standard InChI is InChI=1S/C51H33N5/c1-4-15-34(16-5-1)38-19-14-20-39(31-38)35-27-29-37(30-28-35)50-52-49(36-17-6-2-7-18-36)53-51(54-50)56-46-26-13-11-24-42(46)44-32-47-43(33-48(44)56)41-23-10-12-25-45(41)55(47)40-21-8-3-9-22-40/h1-33H. The molecule has 0 aliphatic carbocycles. The molecule has 5 nitrogen and oxygen atoms in total. The van der Waals surface area contributed by atoms with Gasteiger partial charge in [-0.2, -0.15) is 9.97 Å². The molecule has 11 aromatic rings. The molecule has 0 fully saturated rings. The van der Waals surface area contributed by atoms with Gasteiger partial charge in [-0.05, 0) is 64.7 Å². The maximum atomic E-state index is 5.26. The molecule has 0 aliphatic rings. The van der Waals surface area contributed by atoms with E-state index < -0.39 is 0 Å². The molecule has 3 aromatic heterocycles. The van der Waals surface area contributed by atoms with Crippen LogP contribution >= 0.6 is 0 Å². The molecule has 0 atom stereocenters. The second-order valence-corrected chi connectivity index (χ2v) is 14.1. The van der Waals surface area contributed by atoms with Crippen LogP contribution in [0, 0.1) is 0 Å². The Balaban J connectivity index is 1.11. The highest BCUT2D eigenvalue weighted by Gasteiger charge is 2.21. The maximum absolute atomic E-state index is 5.26. The summed E-state index contributed by atoms with van der Waals surface area (Å²) in [5, 5.41) is 4.64. The zero-order chi connectivity index (χ0) is 37.0. The van der Waals surface area contributed by atoms with Gasteiger partial charge in [0.1, 0.15) is 0 Å². The van der Waals surface area contributed by atoms with Crippen molar-refractivity contribution in [2.75, 3.05) is 0 Å². The molecule has 0 bridgehead atoms. The van der Waals surface area contributed by atoms with Crippen molar-refractivity contribution in [2.24, 2.45) is 0 Å². The fraction of sp³-hybridized carbons (Fsp3) is 0. The molecule has 0 saturated heterocycles. The molecule has 0 aliphatic heterocycles. The Morgan fingerprint density at radius 1 is 0.268 bits per heavy atom. The summed E-state index contributed by atoms with van der Waals surface area (Å²) < 4.78 is 4.58. The fourth-order valence-electron chi connectivity index (χ4n) is 8.13. The molecule has 262 valence electrons. The van der Waals surface area contributed by atoms with Gasteiger partial charge >= 0.3 is 0 Å². The van der Waals surface area contributed by atoms with E-state index in [1.54, 1.807) is 0 Å². The molecular formula is C51H33N5. The lowest BCUT2D eigenvalue weighted by Crippen LogP contribution is -2.06. The number of hydrogen-bond donors (Lipinski definition) is 0. The zero-order valence-corrected chi connectivity index (χ0v) is 30.3. The van der Waals surface area contributed by atoms with Crippen LogP contribution in [0.5, 0.6) is 0 Å². The average Bonchev–Trinajstić information content (AvgIpc) is 3.78. The topological polar surface area (TPSA) is 48.5 Å². The highest BCUT2D eigenvalue weighted by molar-refractivity contribution is 6.18. The van der Waals surface area contributed by atoms with E-state index in [-0.39, 0.29) is 0 Å². The maximum Gasteiger partial charge on any atom is 0.238 e. The lowest BCUT2D eigenvalue weighted by Gasteiger charge is -2.12. The third-order valence-corrected chi connectivity index (χ3v) is 10.8. The number of aromatic nitrogens is 5. The highest BCUT2D eigenvalue weighted by atomic mass is 15.2. The number of hydrogen-bond acceptors (Lipinski definition) is 3. The Kier molecular flexibility index (Phi) is 7.42. The van der Waals surface area contributed by atoms with E-state index >= 15 is 0 Å². The SMILES string of the molecule is c1ccc(-c2cccc(-c3ccc(-c4nc(-c5ccccc5)nc(-n5c6ccccc6c6cc7c(cc65)c5ccccc5n7-c5ccccc5)n4)cc3)c2)cc1. The van der Waals surface area contributed by atoms with Crippen molar-refractivity contribution in [3.05, 3.63) is 200 Å². The summed E-state index contributed by atoms with van der Waals surface area (Å²) in [5.41, 5.74) is 12.1. The van der Waals surface area contributed by atoms with Gasteiger partial charge in [-0.1, -0.05) is 158 Å². The summed E-state index contributed by atoms with van der Waals surface area (Å²) in [7, 11) is 0. The summed E-state index contributed by atoms with van der Waals surface area (Å²) in [4.78, 5) is 15.6. The molecule has 0 N–H and O–H groups in total. The van der Waals surface area contributed by atoms with Gasteiger partial charge < -0.3 is 4.57 Å². The Morgan fingerprint density at radius 3 is 1.30 bits per heavy atom. The summed E-state index contributed by atoms with van der Waals surface area (Å²) in [6.45, 7) is 0. The second-order valence-electron chi connectivity index (χ2n) is 14.1. The molecule has 3 heterocycles. The van der Waals surface area contributed by atoms with Crippen molar-refractivity contribution in [3.63, 3.8) is 0 Å². The highest BCUT2D eigenvalue weighted by Crippen LogP contribution is 2.39. The molecule has 56 heavy (non-hydrogen) atoms. The molecule has 8 aromatic carbocycles. The molecule has 0 unspecified atom stereocenters. The minimum atomic E-state index is 0.575. The van der Waals surface area contributed by atoms with Crippen LogP contribution in [0.4, 0.5) is 0 Å². The molecular weight excluding hydrogens is 683 g/mol. The van der Waals surface area contributed by atoms with Crippen molar-refractivity contribution in [1.29, 1.82) is 0 Å². The van der Waals surface area contributed by atoms with E-state index in [1.807, 2.05) is 24.3 Å². The Hall–Kier alpha value is -7.63. The molecule has 0 spiro atoms. The van der Waals surface area contributed by atoms with Gasteiger partial charge in [0.15, 0.2) is 11.6 Å². The summed E-state index contributed by atoms with van der Waals surface area (Å²) >= 11 is 0. The number of fused-ring (bicyclic) bond motifs is 6. The first-order valence-corrected chi connectivity index (χ1v) is 18.9. The number of benzene rings is 8. The third-order valence-electron chi connectivity index (χ3n) is 10.8. The van der Waals surface area contributed by atoms with Crippen molar-refractivity contribution in [2.45, 2.75) is 0 Å². The first-order valence-electron chi connectivity index (χ1n) is 18.9. The summed E-state index contributed by atoms with van der Waals surface area (Å²) in [6, 6.07) is 70.4. The molecule has 11 rings (SSSR count). The van der Waals surface area contributed by atoms with Crippen molar-refractivity contribution < 1.29 is 0 Å². The minimum absolute atomic E-state index is 0.575. The van der Waals surface area contributed by atoms with Crippen LogP contribution in [0.25, 0.3) is 100 Å². The van der Waals surface area contributed by atoms with Crippen LogP contribution in [-0.2, 0) is 0 Å². The largest absolute Gasteiger partial charge is 0.309 e. The van der Waals surface area contributed by atoms with Gasteiger partial charge in [-0.25, -0.2) is 4.98 Å². The Bertz CT molecular complexity index is 3220. The van der Waals surface area contributed by atoms with Crippen LogP contribution in [0.15, 0.2) is 200 Å². The van der Waals surface area contributed by atoms with E-state index in [4.69, 9.17) is 15.0 Å². The molecule has 0 radical (unpaired) electrons. The monoisotopic (exact) mass is 715 g/mol. The fourth-order valence-corrected chi connectivity index (χ4v) is 8.13. The van der Waals surface area contributed by atoms with E-state index in [2.05, 4.69) is 185 Å². The van der Waals surface area contributed by atoms with Crippen LogP contribution in [0.3, 0.4) is 0 Å². The van der Waals surface area contributed by atoms with Crippen LogP contribution in [-0.4, -0.2) is 24.1 Å². The number of para-hydroxylation sites is 3. The Morgan fingerprint density at radius 2 is 0.696 bits per heavy atom. The molecule has 0 saturated carbocycles. The lowest BCUT2D eigenvalue weighted by atomic mass is 9.98. The lowest BCUT2D eigenvalue weighted by molar-refractivity contribution is 0.954. The van der Waals surface area contributed by atoms with Gasteiger partial charge in [0.05, 0.1) is 22.1 Å². The van der Waals surface area contributed by atoms with Gasteiger partial charge in [0.2, 0.25) is 5.95 Å². The summed E-state index contributed by atoms with van der Waals surface area (Å²) in [6.07, 6.45) is 0. The Labute approximate surface area is 323 Å². The van der Waals surface area contributed by atoms with E-state index in [9.17, 15) is 0 Å². The van der Waals surface area contributed by atoms with E-state index in [1.165, 1.54) is 27.4 Å². The van der Waals surface area contributed by atoms with Crippen molar-refractivity contribution in [1.82, 2.24) is 24.1 Å². The molecule has 0 amide bonds. The number of nitrogens with zero attached hydrogens (tertiary/aromatic N) is 5. The van der Waals surface area contributed by atoms with E-state index in [0.717, 1.165) is 55.3 Å². The van der Waals surface area contributed by atoms with Crippen LogP contribution < -0.4 is 0 Å². The summed E-state index contributed by atoms with van der Waals surface area (Å²) in [5.74, 6) is 1.81. The third kappa shape index (κ3) is 5.29. The first kappa shape index (κ1) is 31.9. The quantitative estimate of drug-likeness (QED) is 0.172. The van der Waals surface area contributed by atoms with Crippen molar-refractivity contribution in [3.8, 4) is 56.7 Å². The molecule has 5 heteroatoms. The normalized spacial score (nSPS) is 11.6. The van der Waals surface area contributed by atoms with Gasteiger partial charge in [0.25, 0.3) is 0 Å². The zero-order valence-electron chi connectivity index (χ0n) is 30.3. The average molecular weight is 716 g/mol. The first-order chi connectivity index (χ1) is 27.8. The van der Waals surface area contributed by atoms with Gasteiger partial charge in [-0.15, -0.1) is 0 Å². The van der Waals surface area contributed by atoms with Gasteiger partial charge in [0, 0.05) is 38.4 Å². The van der Waals surface area contributed by atoms with Gasteiger partial charge in [-0.3, -0.25) is 4.57 Å². The van der Waals surface area contributed by atoms with Crippen molar-refractivity contribution >= 4 is 43.6 Å². The predicted octanol–water partition coefficient (Wildman–Crippen LogP) is 12.7. The minimum Gasteiger partial charge on any atom is -0.309 e. The number of rotatable bonds is 6. The van der Waals surface area contributed by atoms with Crippen LogP contribution in [0.2, 0.25) is 0 Å². The second kappa shape index (κ2) is 13.0. The van der Waals surface area contributed by atoms with Crippen LogP contribution in [0.1, 0.15) is 0 Å². The smallest absolute Gasteiger partial charge is 0.238 e.